The van der Waals surface area contributed by atoms with Crippen LogP contribution in [0.15, 0.2) is 76.6 Å². The number of benzene rings is 3. The molecule has 0 atom stereocenters. The van der Waals surface area contributed by atoms with Crippen LogP contribution in [0.25, 0.3) is 6.08 Å². The number of para-hydroxylation sites is 1. The first kappa shape index (κ1) is 21.9. The van der Waals surface area contributed by atoms with Crippen LogP contribution >= 0.6 is 46.0 Å². The van der Waals surface area contributed by atoms with Gasteiger partial charge in [0.2, 0.25) is 0 Å². The lowest BCUT2D eigenvalue weighted by molar-refractivity contribution is -0.115. The van der Waals surface area contributed by atoms with Crippen molar-refractivity contribution < 1.29 is 9.53 Å². The Balaban J connectivity index is 1.53. The first-order chi connectivity index (χ1) is 15.0. The topological polar surface area (TPSA) is 50.7 Å². The van der Waals surface area contributed by atoms with Crippen LogP contribution in [0.3, 0.4) is 0 Å². The maximum atomic E-state index is 12.5. The molecule has 1 heterocycles. The molecule has 0 aromatic heterocycles. The van der Waals surface area contributed by atoms with E-state index in [1.165, 1.54) is 15.3 Å². The average Bonchev–Trinajstić information content (AvgIpc) is 3.10. The van der Waals surface area contributed by atoms with Crippen LogP contribution in [-0.2, 0) is 11.4 Å². The maximum absolute atomic E-state index is 12.5. The number of carbonyl (C=O) groups is 1. The Hall–Kier alpha value is -2.29. The number of halogens is 2. The van der Waals surface area contributed by atoms with Gasteiger partial charge in [-0.25, -0.2) is 4.99 Å². The molecule has 3 aromatic rings. The largest absolute Gasteiger partial charge is 0.488 e. The minimum atomic E-state index is -0.184. The summed E-state index contributed by atoms with van der Waals surface area (Å²) in [6, 6.07) is 21.4. The molecule has 1 aliphatic rings. The molecule has 0 aliphatic carbocycles. The van der Waals surface area contributed by atoms with E-state index in [-0.39, 0.29) is 5.91 Å². The van der Waals surface area contributed by atoms with Gasteiger partial charge in [0.25, 0.3) is 5.91 Å². The minimum Gasteiger partial charge on any atom is -0.488 e. The molecule has 0 unspecified atom stereocenters. The van der Waals surface area contributed by atoms with Crippen molar-refractivity contribution in [2.75, 3.05) is 0 Å². The average molecular weight is 561 g/mol. The summed E-state index contributed by atoms with van der Waals surface area (Å²) in [5.74, 6) is 0.536. The minimum absolute atomic E-state index is 0.184. The lowest BCUT2D eigenvalue weighted by Gasteiger charge is -2.09. The van der Waals surface area contributed by atoms with E-state index in [4.69, 9.17) is 16.3 Å². The molecule has 1 fully saturated rings. The number of ether oxygens (including phenoxy) is 1. The summed E-state index contributed by atoms with van der Waals surface area (Å²) in [6.07, 6.45) is 1.83. The number of nitrogens with one attached hydrogen (secondary N) is 1. The maximum Gasteiger partial charge on any atom is 0.264 e. The second kappa shape index (κ2) is 9.89. The molecule has 1 aliphatic heterocycles. The second-order valence-electron chi connectivity index (χ2n) is 6.82. The highest BCUT2D eigenvalue weighted by Gasteiger charge is 2.24. The van der Waals surface area contributed by atoms with Gasteiger partial charge >= 0.3 is 0 Å². The summed E-state index contributed by atoms with van der Waals surface area (Å²) < 4.78 is 7.21. The van der Waals surface area contributed by atoms with Gasteiger partial charge in [0, 0.05) is 14.2 Å². The van der Waals surface area contributed by atoms with E-state index in [9.17, 15) is 4.79 Å². The molecule has 4 nitrogen and oxygen atoms in total. The summed E-state index contributed by atoms with van der Waals surface area (Å²) in [4.78, 5) is 17.6. The zero-order valence-corrected chi connectivity index (χ0v) is 20.3. The number of thioether (sulfide) groups is 1. The van der Waals surface area contributed by atoms with Gasteiger partial charge in [-0.05, 0) is 88.8 Å². The normalized spacial score (nSPS) is 16.0. The fraction of sp³-hybridized carbons (Fsp3) is 0.0833. The van der Waals surface area contributed by atoms with Gasteiger partial charge in [-0.15, -0.1) is 0 Å². The van der Waals surface area contributed by atoms with Crippen molar-refractivity contribution in [2.45, 2.75) is 13.5 Å². The number of amides is 1. The van der Waals surface area contributed by atoms with Gasteiger partial charge in [-0.2, -0.15) is 0 Å². The second-order valence-corrected chi connectivity index (χ2v) is 9.50. The summed E-state index contributed by atoms with van der Waals surface area (Å²) in [5.41, 5.74) is 3.53. The van der Waals surface area contributed by atoms with Crippen molar-refractivity contribution in [3.05, 3.63) is 96.9 Å². The molecule has 0 radical (unpaired) electrons. The van der Waals surface area contributed by atoms with E-state index in [2.05, 4.69) is 45.0 Å². The van der Waals surface area contributed by atoms with E-state index >= 15 is 0 Å². The predicted octanol–water partition coefficient (Wildman–Crippen LogP) is 6.72. The van der Waals surface area contributed by atoms with Gasteiger partial charge < -0.3 is 10.1 Å². The SMILES string of the molecule is Cc1c(Cl)cccc1N=C1NC(=O)/C(=C\c2ccccc2OCc2ccc(I)cc2)S1. The third-order valence-electron chi connectivity index (χ3n) is 4.63. The highest BCUT2D eigenvalue weighted by molar-refractivity contribution is 14.1. The van der Waals surface area contributed by atoms with Crippen molar-refractivity contribution in [3.8, 4) is 5.75 Å². The first-order valence-electron chi connectivity index (χ1n) is 9.50. The summed E-state index contributed by atoms with van der Waals surface area (Å²) in [6.45, 7) is 2.36. The zero-order valence-electron chi connectivity index (χ0n) is 16.6. The van der Waals surface area contributed by atoms with Crippen LogP contribution in [0, 0.1) is 10.5 Å². The number of amidine groups is 1. The Morgan fingerprint density at radius 1 is 1.10 bits per heavy atom. The standard InChI is InChI=1S/C24H18ClIN2O2S/c1-15-19(25)6-4-7-20(15)27-24-28-23(29)22(31-24)13-17-5-2-3-8-21(17)30-14-16-9-11-18(26)12-10-16/h2-13H,14H2,1H3,(H,27,28,29)/b22-13+. The van der Waals surface area contributed by atoms with Crippen LogP contribution in [0.2, 0.25) is 5.02 Å². The molecule has 0 spiro atoms. The molecule has 0 saturated carbocycles. The molecule has 4 rings (SSSR count). The fourth-order valence-corrected chi connectivity index (χ4v) is 4.28. The van der Waals surface area contributed by atoms with E-state index in [1.807, 2.05) is 67.6 Å². The molecular formula is C24H18ClIN2O2S. The molecular weight excluding hydrogens is 543 g/mol. The van der Waals surface area contributed by atoms with Crippen LogP contribution in [0.5, 0.6) is 5.75 Å². The van der Waals surface area contributed by atoms with Crippen LogP contribution in [-0.4, -0.2) is 11.1 Å². The van der Waals surface area contributed by atoms with Crippen LogP contribution in [0.1, 0.15) is 16.7 Å². The van der Waals surface area contributed by atoms with Gasteiger partial charge in [-0.1, -0.05) is 48.0 Å². The Morgan fingerprint density at radius 2 is 1.87 bits per heavy atom. The molecule has 0 bridgehead atoms. The van der Waals surface area contributed by atoms with Gasteiger partial charge in [-0.3, -0.25) is 4.79 Å². The van der Waals surface area contributed by atoms with E-state index in [0.29, 0.717) is 21.7 Å². The molecule has 31 heavy (non-hydrogen) atoms. The third kappa shape index (κ3) is 5.50. The molecule has 156 valence electrons. The van der Waals surface area contributed by atoms with Gasteiger partial charge in [0.1, 0.15) is 12.4 Å². The number of carbonyl (C=O) groups excluding carboxylic acids is 1. The quantitative estimate of drug-likeness (QED) is 0.278. The van der Waals surface area contributed by atoms with Crippen molar-refractivity contribution in [1.82, 2.24) is 5.32 Å². The highest BCUT2D eigenvalue weighted by atomic mass is 127. The Kier molecular flexibility index (Phi) is 6.99. The van der Waals surface area contributed by atoms with E-state index < -0.39 is 0 Å². The van der Waals surface area contributed by atoms with Crippen LogP contribution < -0.4 is 10.1 Å². The zero-order chi connectivity index (χ0) is 21.8. The number of hydrogen-bond acceptors (Lipinski definition) is 4. The summed E-state index contributed by atoms with van der Waals surface area (Å²) in [5, 5.41) is 3.99. The highest BCUT2D eigenvalue weighted by Crippen LogP contribution is 2.32. The smallest absolute Gasteiger partial charge is 0.264 e. The fourth-order valence-electron chi connectivity index (χ4n) is 2.92. The number of aliphatic imine (C=N–C) groups is 1. The third-order valence-corrected chi connectivity index (χ3v) is 6.66. The van der Waals surface area contributed by atoms with Crippen molar-refractivity contribution in [3.63, 3.8) is 0 Å². The van der Waals surface area contributed by atoms with Gasteiger partial charge in [0.15, 0.2) is 5.17 Å². The number of nitrogens with zero attached hydrogens (tertiary/aromatic N) is 1. The van der Waals surface area contributed by atoms with E-state index in [1.54, 1.807) is 0 Å². The molecule has 1 N–H and O–H groups in total. The molecule has 7 heteroatoms. The van der Waals surface area contributed by atoms with Crippen molar-refractivity contribution >= 4 is 68.8 Å². The first-order valence-corrected chi connectivity index (χ1v) is 11.8. The predicted molar refractivity (Wildman–Crippen MR) is 137 cm³/mol. The Labute approximate surface area is 203 Å². The number of rotatable bonds is 5. The van der Waals surface area contributed by atoms with E-state index in [0.717, 1.165) is 28.1 Å². The van der Waals surface area contributed by atoms with Crippen molar-refractivity contribution in [1.29, 1.82) is 0 Å². The molecule has 3 aromatic carbocycles. The molecule has 1 amide bonds. The lowest BCUT2D eigenvalue weighted by atomic mass is 10.2. The summed E-state index contributed by atoms with van der Waals surface area (Å²) in [7, 11) is 0. The lowest BCUT2D eigenvalue weighted by Crippen LogP contribution is -2.19. The monoisotopic (exact) mass is 560 g/mol. The Bertz CT molecular complexity index is 1190. The molecule has 1 saturated heterocycles. The Morgan fingerprint density at radius 3 is 2.68 bits per heavy atom. The summed E-state index contributed by atoms with van der Waals surface area (Å²) >= 11 is 9.75. The van der Waals surface area contributed by atoms with Crippen LogP contribution in [0.4, 0.5) is 5.69 Å². The van der Waals surface area contributed by atoms with Crippen molar-refractivity contribution in [2.24, 2.45) is 4.99 Å². The number of hydrogen-bond donors (Lipinski definition) is 1. The van der Waals surface area contributed by atoms with Gasteiger partial charge in [0.05, 0.1) is 10.6 Å².